The molecule has 2 aromatic rings. The van der Waals surface area contributed by atoms with Gasteiger partial charge in [0.05, 0.1) is 0 Å². The van der Waals surface area contributed by atoms with Crippen LogP contribution in [0.25, 0.3) is 0 Å². The van der Waals surface area contributed by atoms with Crippen LogP contribution in [0.3, 0.4) is 0 Å². The van der Waals surface area contributed by atoms with E-state index in [1.54, 1.807) is 6.92 Å². The molecule has 4 nitrogen and oxygen atoms in total. The normalized spacial score (nSPS) is 10.4. The molecule has 84 valence electrons. The third kappa shape index (κ3) is 2.74. The molecule has 6 heteroatoms. The zero-order valence-electron chi connectivity index (χ0n) is 8.50. The van der Waals surface area contributed by atoms with Crippen molar-refractivity contribution in [1.29, 1.82) is 0 Å². The van der Waals surface area contributed by atoms with Crippen molar-refractivity contribution in [2.24, 2.45) is 0 Å². The molecule has 1 aromatic heterocycles. The summed E-state index contributed by atoms with van der Waals surface area (Å²) in [6, 6.07) is 6.03. The first-order chi connectivity index (χ1) is 7.65. The van der Waals surface area contributed by atoms with Crippen LogP contribution in [0.15, 0.2) is 27.1 Å². The largest absolute Gasteiger partial charge is 0.408 e. The maximum atomic E-state index is 5.85. The number of aryl methyl sites for hydroxylation is 1. The zero-order chi connectivity index (χ0) is 11.5. The Kier molecular flexibility index (Phi) is 3.46. The van der Waals surface area contributed by atoms with Crippen LogP contribution in [-0.2, 0) is 6.54 Å². The highest BCUT2D eigenvalue weighted by Gasteiger charge is 2.04. The molecule has 0 fully saturated rings. The Morgan fingerprint density at radius 1 is 1.44 bits per heavy atom. The van der Waals surface area contributed by atoms with Crippen molar-refractivity contribution < 1.29 is 4.42 Å². The van der Waals surface area contributed by atoms with Crippen molar-refractivity contribution in [3.05, 3.63) is 39.1 Å². The average Bonchev–Trinajstić information content (AvgIpc) is 2.63. The summed E-state index contributed by atoms with van der Waals surface area (Å²) in [5, 5.41) is 11.3. The fourth-order valence-corrected chi connectivity index (χ4v) is 2.03. The minimum atomic E-state index is 0.416. The number of halogens is 2. The summed E-state index contributed by atoms with van der Waals surface area (Å²) >= 11 is 9.28. The monoisotopic (exact) mass is 301 g/mol. The second kappa shape index (κ2) is 4.84. The van der Waals surface area contributed by atoms with E-state index in [4.69, 9.17) is 16.0 Å². The summed E-state index contributed by atoms with van der Waals surface area (Å²) in [5.41, 5.74) is 1.07. The average molecular weight is 303 g/mol. The number of benzene rings is 1. The van der Waals surface area contributed by atoms with Gasteiger partial charge in [-0.05, 0) is 17.7 Å². The second-order valence-electron chi connectivity index (χ2n) is 3.22. The van der Waals surface area contributed by atoms with Gasteiger partial charge in [-0.25, -0.2) is 0 Å². The van der Waals surface area contributed by atoms with Crippen molar-refractivity contribution in [2.45, 2.75) is 13.5 Å². The highest BCUT2D eigenvalue weighted by atomic mass is 79.9. The number of anilines is 1. The fraction of sp³-hybridized carbons (Fsp3) is 0.200. The number of aromatic nitrogens is 2. The molecule has 0 radical (unpaired) electrons. The highest BCUT2D eigenvalue weighted by Crippen LogP contribution is 2.22. The molecule has 0 bridgehead atoms. The molecule has 0 aliphatic rings. The molecule has 0 saturated heterocycles. The smallest absolute Gasteiger partial charge is 0.315 e. The maximum absolute atomic E-state index is 5.85. The van der Waals surface area contributed by atoms with E-state index in [0.29, 0.717) is 23.5 Å². The van der Waals surface area contributed by atoms with Crippen LogP contribution in [-0.4, -0.2) is 10.2 Å². The van der Waals surface area contributed by atoms with Gasteiger partial charge >= 0.3 is 6.01 Å². The van der Waals surface area contributed by atoms with Crippen LogP contribution in [0.1, 0.15) is 11.5 Å². The van der Waals surface area contributed by atoms with Gasteiger partial charge in [-0.15, -0.1) is 5.10 Å². The summed E-state index contributed by atoms with van der Waals surface area (Å²) in [6.07, 6.45) is 0. The predicted octanol–water partition coefficient (Wildman–Crippen LogP) is 3.41. The van der Waals surface area contributed by atoms with Gasteiger partial charge in [-0.2, -0.15) is 0 Å². The number of nitrogens with zero attached hydrogens (tertiary/aromatic N) is 2. The molecule has 1 N–H and O–H groups in total. The first-order valence-corrected chi connectivity index (χ1v) is 5.80. The van der Waals surface area contributed by atoms with Crippen LogP contribution in [0.2, 0.25) is 5.02 Å². The molecular weight excluding hydrogens is 293 g/mol. The first-order valence-electron chi connectivity index (χ1n) is 4.63. The van der Waals surface area contributed by atoms with Gasteiger partial charge in [0.15, 0.2) is 0 Å². The summed E-state index contributed by atoms with van der Waals surface area (Å²) in [4.78, 5) is 0. The molecule has 2 rings (SSSR count). The van der Waals surface area contributed by atoms with Gasteiger partial charge in [0.2, 0.25) is 5.89 Å². The number of hydrogen-bond donors (Lipinski definition) is 1. The van der Waals surface area contributed by atoms with Crippen LogP contribution in [0, 0.1) is 6.92 Å². The Bertz CT molecular complexity index is 501. The minimum Gasteiger partial charge on any atom is -0.408 e. The zero-order valence-corrected chi connectivity index (χ0v) is 10.8. The SMILES string of the molecule is Cc1nnc(NCc2ccc(Cl)cc2Br)o1. The third-order valence-corrected chi connectivity index (χ3v) is 2.94. The molecule has 0 unspecified atom stereocenters. The van der Waals surface area contributed by atoms with Gasteiger partial charge < -0.3 is 9.73 Å². The van der Waals surface area contributed by atoms with Crippen LogP contribution in [0.5, 0.6) is 0 Å². The summed E-state index contributed by atoms with van der Waals surface area (Å²) in [6.45, 7) is 2.34. The molecule has 0 amide bonds. The van der Waals surface area contributed by atoms with Crippen molar-refractivity contribution in [3.8, 4) is 0 Å². The Hall–Kier alpha value is -1.07. The van der Waals surface area contributed by atoms with E-state index in [-0.39, 0.29) is 0 Å². The lowest BCUT2D eigenvalue weighted by molar-refractivity contribution is 0.530. The Labute approximate surface area is 106 Å². The van der Waals surface area contributed by atoms with E-state index in [1.165, 1.54) is 0 Å². The number of nitrogens with one attached hydrogen (secondary N) is 1. The standard InChI is InChI=1S/C10H9BrClN3O/c1-6-14-15-10(16-6)13-5-7-2-3-8(12)4-9(7)11/h2-4H,5H2,1H3,(H,13,15). The van der Waals surface area contributed by atoms with E-state index in [9.17, 15) is 0 Å². The number of hydrogen-bond acceptors (Lipinski definition) is 4. The molecule has 16 heavy (non-hydrogen) atoms. The molecule has 0 aliphatic carbocycles. The lowest BCUT2D eigenvalue weighted by Crippen LogP contribution is -2.00. The maximum Gasteiger partial charge on any atom is 0.315 e. The molecule has 0 aliphatic heterocycles. The van der Waals surface area contributed by atoms with Gasteiger partial charge in [0.25, 0.3) is 0 Å². The topological polar surface area (TPSA) is 51.0 Å². The molecule has 0 spiro atoms. The molecular formula is C10H9BrClN3O. The van der Waals surface area contributed by atoms with Gasteiger partial charge in [0.1, 0.15) is 0 Å². The molecule has 1 heterocycles. The van der Waals surface area contributed by atoms with Crippen molar-refractivity contribution in [2.75, 3.05) is 5.32 Å². The van der Waals surface area contributed by atoms with E-state index >= 15 is 0 Å². The van der Waals surface area contributed by atoms with Gasteiger partial charge in [-0.1, -0.05) is 38.7 Å². The summed E-state index contributed by atoms with van der Waals surface area (Å²) in [5.74, 6) is 0.540. The quantitative estimate of drug-likeness (QED) is 0.944. The van der Waals surface area contributed by atoms with Crippen molar-refractivity contribution >= 4 is 33.5 Å². The van der Waals surface area contributed by atoms with Gasteiger partial charge in [0, 0.05) is 23.0 Å². The third-order valence-electron chi connectivity index (χ3n) is 1.97. The predicted molar refractivity (Wildman–Crippen MR) is 65.5 cm³/mol. The van der Waals surface area contributed by atoms with Gasteiger partial charge in [-0.3, -0.25) is 0 Å². The highest BCUT2D eigenvalue weighted by molar-refractivity contribution is 9.10. The second-order valence-corrected chi connectivity index (χ2v) is 4.51. The van der Waals surface area contributed by atoms with Crippen LogP contribution < -0.4 is 5.32 Å². The van der Waals surface area contributed by atoms with Crippen molar-refractivity contribution in [1.82, 2.24) is 10.2 Å². The molecule has 0 saturated carbocycles. The Morgan fingerprint density at radius 3 is 2.88 bits per heavy atom. The number of rotatable bonds is 3. The fourth-order valence-electron chi connectivity index (χ4n) is 1.20. The van der Waals surface area contributed by atoms with Crippen molar-refractivity contribution in [3.63, 3.8) is 0 Å². The molecule has 0 atom stereocenters. The minimum absolute atomic E-state index is 0.416. The van der Waals surface area contributed by atoms with E-state index in [0.717, 1.165) is 10.0 Å². The lowest BCUT2D eigenvalue weighted by Gasteiger charge is -2.04. The molecule has 1 aromatic carbocycles. The lowest BCUT2D eigenvalue weighted by atomic mass is 10.2. The van der Waals surface area contributed by atoms with E-state index in [2.05, 4.69) is 31.4 Å². The first kappa shape index (κ1) is 11.4. The Balaban J connectivity index is 2.04. The summed E-state index contributed by atoms with van der Waals surface area (Å²) in [7, 11) is 0. The van der Waals surface area contributed by atoms with Crippen LogP contribution in [0.4, 0.5) is 6.01 Å². The Morgan fingerprint density at radius 2 is 2.25 bits per heavy atom. The van der Waals surface area contributed by atoms with Crippen LogP contribution >= 0.6 is 27.5 Å². The van der Waals surface area contributed by atoms with E-state index < -0.39 is 0 Å². The van der Waals surface area contributed by atoms with E-state index in [1.807, 2.05) is 18.2 Å². The summed E-state index contributed by atoms with van der Waals surface area (Å²) < 4.78 is 6.14.